The van der Waals surface area contributed by atoms with Crippen molar-refractivity contribution in [2.75, 3.05) is 10.6 Å². The van der Waals surface area contributed by atoms with Crippen LogP contribution in [0.25, 0.3) is 16.9 Å². The van der Waals surface area contributed by atoms with Crippen molar-refractivity contribution in [2.24, 2.45) is 0 Å². The molecule has 0 unspecified atom stereocenters. The molecule has 12 heteroatoms. The molecule has 0 atom stereocenters. The lowest BCUT2D eigenvalue weighted by molar-refractivity contribution is -0.137. The molecule has 39 heavy (non-hydrogen) atoms. The highest BCUT2D eigenvalue weighted by Crippen LogP contribution is 2.33. The lowest BCUT2D eigenvalue weighted by Crippen LogP contribution is -2.14. The molecule has 0 fully saturated rings. The van der Waals surface area contributed by atoms with Gasteiger partial charge in [-0.15, -0.1) is 0 Å². The zero-order chi connectivity index (χ0) is 27.6. The van der Waals surface area contributed by atoms with E-state index in [0.29, 0.717) is 26.6 Å². The van der Waals surface area contributed by atoms with Gasteiger partial charge in [0.2, 0.25) is 5.95 Å². The van der Waals surface area contributed by atoms with Crippen molar-refractivity contribution in [1.29, 1.82) is 0 Å². The third kappa shape index (κ3) is 6.22. The number of hydrogen-bond acceptors (Lipinski definition) is 6. The summed E-state index contributed by atoms with van der Waals surface area (Å²) in [6, 6.07) is 13.7. The van der Waals surface area contributed by atoms with Crippen molar-refractivity contribution in [3.05, 3.63) is 106 Å². The number of amides is 1. The summed E-state index contributed by atoms with van der Waals surface area (Å²) in [4.78, 5) is 29.9. The normalized spacial score (nSPS) is 11.3. The smallest absolute Gasteiger partial charge is 0.323 e. The average molecular weight is 641 g/mol. The van der Waals surface area contributed by atoms with Gasteiger partial charge in [0.1, 0.15) is 0 Å². The SMILES string of the molecule is Cc1cn(-c2cc(NC(=O)c3ccc(Nc4nccc(-c5cccnc5)n4)c(I)c3)cc(C(F)(F)F)c2)cn1. The second-order valence-electron chi connectivity index (χ2n) is 8.47. The predicted octanol–water partition coefficient (Wildman–Crippen LogP) is 6.65. The van der Waals surface area contributed by atoms with E-state index < -0.39 is 17.6 Å². The minimum Gasteiger partial charge on any atom is -0.323 e. The minimum atomic E-state index is -4.59. The number of nitrogens with one attached hydrogen (secondary N) is 2. The van der Waals surface area contributed by atoms with Gasteiger partial charge in [-0.05, 0) is 84.1 Å². The molecule has 5 aromatic rings. The van der Waals surface area contributed by atoms with E-state index >= 15 is 0 Å². The lowest BCUT2D eigenvalue weighted by atomic mass is 10.1. The standard InChI is InChI=1S/C27H19F3IN7O/c1-16-14-38(15-34-16)21-11-19(27(28,29)30)10-20(12-21)35-25(39)17-4-5-24(22(31)9-17)37-26-33-8-6-23(36-26)18-3-2-7-32-13-18/h2-15H,1H3,(H,35,39)(H,33,36,37). The van der Waals surface area contributed by atoms with E-state index in [9.17, 15) is 18.0 Å². The van der Waals surface area contributed by atoms with E-state index in [0.717, 1.165) is 17.7 Å². The zero-order valence-corrected chi connectivity index (χ0v) is 22.4. The quantitative estimate of drug-likeness (QED) is 0.202. The first-order valence-corrected chi connectivity index (χ1v) is 12.6. The topological polar surface area (TPSA) is 97.6 Å². The maximum absolute atomic E-state index is 13.6. The van der Waals surface area contributed by atoms with Crippen LogP contribution in [-0.4, -0.2) is 30.4 Å². The van der Waals surface area contributed by atoms with Crippen LogP contribution in [0.3, 0.4) is 0 Å². The molecule has 0 saturated heterocycles. The number of pyridine rings is 1. The Balaban J connectivity index is 1.36. The van der Waals surface area contributed by atoms with Gasteiger partial charge in [-0.2, -0.15) is 13.2 Å². The van der Waals surface area contributed by atoms with Crippen molar-refractivity contribution in [1.82, 2.24) is 24.5 Å². The zero-order valence-electron chi connectivity index (χ0n) is 20.2. The van der Waals surface area contributed by atoms with Crippen LogP contribution in [0.4, 0.5) is 30.5 Å². The number of carbonyl (C=O) groups excluding carboxylic acids is 1. The van der Waals surface area contributed by atoms with Gasteiger partial charge in [0.15, 0.2) is 0 Å². The number of hydrogen-bond donors (Lipinski definition) is 2. The number of aryl methyl sites for hydroxylation is 1. The van der Waals surface area contributed by atoms with Gasteiger partial charge in [0.25, 0.3) is 5.91 Å². The first-order valence-electron chi connectivity index (χ1n) is 11.5. The van der Waals surface area contributed by atoms with E-state index in [4.69, 9.17) is 0 Å². The number of benzene rings is 2. The number of anilines is 3. The number of imidazole rings is 1. The van der Waals surface area contributed by atoms with Gasteiger partial charge in [-0.3, -0.25) is 9.78 Å². The predicted molar refractivity (Wildman–Crippen MR) is 149 cm³/mol. The van der Waals surface area contributed by atoms with E-state index in [1.54, 1.807) is 56.0 Å². The van der Waals surface area contributed by atoms with Crippen LogP contribution in [0.5, 0.6) is 0 Å². The Kier molecular flexibility index (Phi) is 7.28. The van der Waals surface area contributed by atoms with Crippen molar-refractivity contribution >= 4 is 45.8 Å². The molecular formula is C27H19F3IN7O. The van der Waals surface area contributed by atoms with Crippen molar-refractivity contribution in [3.63, 3.8) is 0 Å². The largest absolute Gasteiger partial charge is 0.416 e. The van der Waals surface area contributed by atoms with Crippen LogP contribution < -0.4 is 10.6 Å². The maximum Gasteiger partial charge on any atom is 0.416 e. The van der Waals surface area contributed by atoms with Crippen LogP contribution in [-0.2, 0) is 6.18 Å². The van der Waals surface area contributed by atoms with Crippen LogP contribution in [0, 0.1) is 10.5 Å². The van der Waals surface area contributed by atoms with Gasteiger partial charge in [-0.1, -0.05) is 0 Å². The molecule has 0 bridgehead atoms. The molecule has 3 heterocycles. The van der Waals surface area contributed by atoms with Crippen molar-refractivity contribution in [3.8, 4) is 16.9 Å². The van der Waals surface area contributed by atoms with Crippen molar-refractivity contribution in [2.45, 2.75) is 13.1 Å². The minimum absolute atomic E-state index is 0.00834. The second kappa shape index (κ2) is 10.8. The Morgan fingerprint density at radius 3 is 2.56 bits per heavy atom. The number of alkyl halides is 3. The molecule has 0 aliphatic carbocycles. The van der Waals surface area contributed by atoms with Gasteiger partial charge in [0, 0.05) is 50.9 Å². The summed E-state index contributed by atoms with van der Waals surface area (Å²) in [5.41, 5.74) is 2.46. The molecule has 1 amide bonds. The van der Waals surface area contributed by atoms with Crippen LogP contribution >= 0.6 is 22.6 Å². The summed E-state index contributed by atoms with van der Waals surface area (Å²) >= 11 is 2.06. The number of aromatic nitrogens is 5. The number of nitrogens with zero attached hydrogens (tertiary/aromatic N) is 5. The Morgan fingerprint density at radius 2 is 1.87 bits per heavy atom. The monoisotopic (exact) mass is 641 g/mol. The summed E-state index contributed by atoms with van der Waals surface area (Å²) in [7, 11) is 0. The number of rotatable bonds is 6. The molecule has 0 saturated carbocycles. The molecule has 0 spiro atoms. The molecule has 2 aromatic carbocycles. The molecule has 0 aliphatic rings. The third-order valence-corrected chi connectivity index (χ3v) is 6.50. The summed E-state index contributed by atoms with van der Waals surface area (Å²) in [6.45, 7) is 1.73. The molecule has 0 radical (unpaired) electrons. The average Bonchev–Trinajstić information content (AvgIpc) is 3.36. The third-order valence-electron chi connectivity index (χ3n) is 5.60. The fourth-order valence-corrected chi connectivity index (χ4v) is 4.38. The van der Waals surface area contributed by atoms with E-state index in [1.165, 1.54) is 17.0 Å². The first-order chi connectivity index (χ1) is 18.7. The van der Waals surface area contributed by atoms with Gasteiger partial charge >= 0.3 is 6.18 Å². The number of carbonyl (C=O) groups is 1. The summed E-state index contributed by atoms with van der Waals surface area (Å²) in [5, 5.41) is 5.72. The highest BCUT2D eigenvalue weighted by atomic mass is 127. The summed E-state index contributed by atoms with van der Waals surface area (Å²) < 4.78 is 42.9. The first kappa shape index (κ1) is 26.3. The van der Waals surface area contributed by atoms with Gasteiger partial charge in [0.05, 0.1) is 29.0 Å². The Labute approximate surface area is 234 Å². The molecular weight excluding hydrogens is 622 g/mol. The Morgan fingerprint density at radius 1 is 1.03 bits per heavy atom. The highest BCUT2D eigenvalue weighted by molar-refractivity contribution is 14.1. The Hall–Kier alpha value is -4.33. The fraction of sp³-hybridized carbons (Fsp3) is 0.0741. The number of halogens is 4. The fourth-order valence-electron chi connectivity index (χ4n) is 3.73. The molecule has 0 aliphatic heterocycles. The highest BCUT2D eigenvalue weighted by Gasteiger charge is 2.31. The molecule has 8 nitrogen and oxygen atoms in total. The molecule has 196 valence electrons. The van der Waals surface area contributed by atoms with Gasteiger partial charge in [-0.25, -0.2) is 15.0 Å². The van der Waals surface area contributed by atoms with Crippen LogP contribution in [0.15, 0.2) is 85.7 Å². The maximum atomic E-state index is 13.6. The lowest BCUT2D eigenvalue weighted by Gasteiger charge is -2.14. The summed E-state index contributed by atoms with van der Waals surface area (Å²) in [5.74, 6) is -0.195. The second-order valence-corrected chi connectivity index (χ2v) is 9.63. The van der Waals surface area contributed by atoms with Crippen LogP contribution in [0.2, 0.25) is 0 Å². The van der Waals surface area contributed by atoms with E-state index in [-0.39, 0.29) is 16.9 Å². The van der Waals surface area contributed by atoms with E-state index in [1.807, 2.05) is 12.1 Å². The van der Waals surface area contributed by atoms with Crippen molar-refractivity contribution < 1.29 is 18.0 Å². The van der Waals surface area contributed by atoms with Crippen LogP contribution in [0.1, 0.15) is 21.6 Å². The molecule has 5 rings (SSSR count). The summed E-state index contributed by atoms with van der Waals surface area (Å²) in [6.07, 6.45) is 3.43. The Bertz CT molecular complexity index is 1660. The van der Waals surface area contributed by atoms with Gasteiger partial charge < -0.3 is 15.2 Å². The van der Waals surface area contributed by atoms with E-state index in [2.05, 4.69) is 53.2 Å². The molecule has 3 aromatic heterocycles. The molecule has 2 N–H and O–H groups in total.